The van der Waals surface area contributed by atoms with E-state index in [1.165, 1.54) is 0 Å². The summed E-state index contributed by atoms with van der Waals surface area (Å²) < 4.78 is 0. The van der Waals surface area contributed by atoms with E-state index < -0.39 is 0 Å². The number of amides is 1. The third kappa shape index (κ3) is 2.80. The molecule has 2 fully saturated rings. The first kappa shape index (κ1) is 12.8. The van der Waals surface area contributed by atoms with Crippen LogP contribution in [0.2, 0.25) is 0 Å². The number of likely N-dealkylation sites (tertiary alicyclic amines) is 1. The van der Waals surface area contributed by atoms with E-state index in [1.807, 2.05) is 11.8 Å². The number of carbonyl (C=O) groups excluding carboxylic acids is 1. The maximum atomic E-state index is 12.4. The predicted octanol–water partition coefficient (Wildman–Crippen LogP) is 0.733. The van der Waals surface area contributed by atoms with Crippen LogP contribution in [0.5, 0.6) is 0 Å². The molecule has 2 rings (SSSR count). The number of hydrogen-bond donors (Lipinski definition) is 2. The molecule has 4 nitrogen and oxygen atoms in total. The predicted molar refractivity (Wildman–Crippen MR) is 66.3 cm³/mol. The highest BCUT2D eigenvalue weighted by atomic mass is 16.3. The highest BCUT2D eigenvalue weighted by molar-refractivity contribution is 5.79. The molecule has 0 aromatic carbocycles. The molecule has 4 unspecified atom stereocenters. The Balaban J connectivity index is 1.95. The molecule has 0 radical (unpaired) electrons. The minimum Gasteiger partial charge on any atom is -0.391 e. The molecule has 1 amide bonds. The number of aliphatic hydroxyl groups excluding tert-OH is 1. The van der Waals surface area contributed by atoms with E-state index in [4.69, 9.17) is 5.73 Å². The highest BCUT2D eigenvalue weighted by Crippen LogP contribution is 2.27. The van der Waals surface area contributed by atoms with Crippen molar-refractivity contribution < 1.29 is 9.90 Å². The molecule has 0 spiro atoms. The van der Waals surface area contributed by atoms with Crippen molar-refractivity contribution in [2.24, 2.45) is 17.6 Å². The lowest BCUT2D eigenvalue weighted by Gasteiger charge is -2.38. The van der Waals surface area contributed by atoms with Gasteiger partial charge in [-0.1, -0.05) is 19.8 Å². The molecule has 1 saturated heterocycles. The first-order chi connectivity index (χ1) is 8.09. The Bertz CT molecular complexity index is 283. The normalized spacial score (nSPS) is 39.1. The lowest BCUT2D eigenvalue weighted by Crippen LogP contribution is -2.51. The number of β-amino-alcohol motifs (C(OH)–C–C–N with tert-alkyl or cyclic N) is 1. The van der Waals surface area contributed by atoms with Gasteiger partial charge in [-0.05, 0) is 25.2 Å². The lowest BCUT2D eigenvalue weighted by molar-refractivity contribution is -0.141. The van der Waals surface area contributed by atoms with Gasteiger partial charge in [0.1, 0.15) is 0 Å². The van der Waals surface area contributed by atoms with Crippen molar-refractivity contribution in [1.82, 2.24) is 4.90 Å². The number of nitrogens with zero attached hydrogens (tertiary/aromatic N) is 1. The van der Waals surface area contributed by atoms with Crippen LogP contribution in [0.15, 0.2) is 0 Å². The first-order valence-electron chi connectivity index (χ1n) is 6.82. The molecule has 0 bridgehead atoms. The summed E-state index contributed by atoms with van der Waals surface area (Å²) in [6, 6.07) is 0.0211. The zero-order valence-electron chi connectivity index (χ0n) is 10.6. The van der Waals surface area contributed by atoms with Crippen LogP contribution in [0.1, 0.15) is 39.0 Å². The maximum absolute atomic E-state index is 12.4. The van der Waals surface area contributed by atoms with Gasteiger partial charge in [0.15, 0.2) is 0 Å². The van der Waals surface area contributed by atoms with E-state index in [0.717, 1.165) is 38.6 Å². The number of nitrogens with two attached hydrogens (primary N) is 1. The van der Waals surface area contributed by atoms with Crippen LogP contribution in [0.25, 0.3) is 0 Å². The van der Waals surface area contributed by atoms with Crippen molar-refractivity contribution in [2.75, 3.05) is 13.1 Å². The average Bonchev–Trinajstić information content (AvgIpc) is 2.32. The number of hydrogen-bond acceptors (Lipinski definition) is 3. The monoisotopic (exact) mass is 240 g/mol. The Morgan fingerprint density at radius 2 is 2.00 bits per heavy atom. The molecule has 0 aromatic rings. The Kier molecular flexibility index (Phi) is 4.05. The second-order valence-electron chi connectivity index (χ2n) is 5.67. The number of aliphatic hydroxyl groups is 1. The van der Waals surface area contributed by atoms with Crippen molar-refractivity contribution >= 4 is 5.91 Å². The number of rotatable bonds is 1. The summed E-state index contributed by atoms with van der Waals surface area (Å²) in [5.74, 6) is 0.464. The van der Waals surface area contributed by atoms with E-state index >= 15 is 0 Å². The fourth-order valence-electron chi connectivity index (χ4n) is 2.95. The third-order valence-corrected chi connectivity index (χ3v) is 4.37. The molecule has 3 N–H and O–H groups in total. The average molecular weight is 240 g/mol. The Labute approximate surface area is 103 Å². The first-order valence-corrected chi connectivity index (χ1v) is 6.82. The quantitative estimate of drug-likeness (QED) is 0.710. The lowest BCUT2D eigenvalue weighted by atomic mass is 9.83. The van der Waals surface area contributed by atoms with Gasteiger partial charge in [-0.2, -0.15) is 0 Å². The minimum atomic E-state index is -0.368. The van der Waals surface area contributed by atoms with Crippen LogP contribution in [0.3, 0.4) is 0 Å². The largest absolute Gasteiger partial charge is 0.391 e. The van der Waals surface area contributed by atoms with Crippen LogP contribution in [-0.2, 0) is 4.79 Å². The fraction of sp³-hybridized carbons (Fsp3) is 0.923. The molecule has 1 saturated carbocycles. The van der Waals surface area contributed by atoms with Crippen molar-refractivity contribution in [2.45, 2.75) is 51.2 Å². The molecule has 1 aliphatic heterocycles. The van der Waals surface area contributed by atoms with Gasteiger partial charge in [-0.15, -0.1) is 0 Å². The van der Waals surface area contributed by atoms with Crippen LogP contribution in [0, 0.1) is 11.8 Å². The SMILES string of the molecule is CC1CCN(C(=O)C2CCCCC2N)CC1O. The molecule has 4 heteroatoms. The summed E-state index contributed by atoms with van der Waals surface area (Å²) in [6.45, 7) is 3.31. The zero-order chi connectivity index (χ0) is 12.4. The molecule has 4 atom stereocenters. The van der Waals surface area contributed by atoms with E-state index in [1.54, 1.807) is 0 Å². The molecule has 98 valence electrons. The molecular weight excluding hydrogens is 216 g/mol. The number of piperidine rings is 1. The molecule has 1 aliphatic carbocycles. The summed E-state index contributed by atoms with van der Waals surface area (Å²) >= 11 is 0. The fourth-order valence-corrected chi connectivity index (χ4v) is 2.95. The van der Waals surface area contributed by atoms with Gasteiger partial charge in [-0.25, -0.2) is 0 Å². The summed E-state index contributed by atoms with van der Waals surface area (Å²) in [5.41, 5.74) is 6.04. The molecular formula is C13H24N2O2. The van der Waals surface area contributed by atoms with E-state index in [0.29, 0.717) is 12.5 Å². The van der Waals surface area contributed by atoms with Gasteiger partial charge < -0.3 is 15.7 Å². The second kappa shape index (κ2) is 5.36. The molecule has 1 heterocycles. The van der Waals surface area contributed by atoms with Gasteiger partial charge in [0.25, 0.3) is 0 Å². The Hall–Kier alpha value is -0.610. The van der Waals surface area contributed by atoms with Crippen molar-refractivity contribution in [3.05, 3.63) is 0 Å². The van der Waals surface area contributed by atoms with E-state index in [2.05, 4.69) is 0 Å². The molecule has 17 heavy (non-hydrogen) atoms. The summed E-state index contributed by atoms with van der Waals surface area (Å²) in [6.07, 6.45) is 4.66. The third-order valence-electron chi connectivity index (χ3n) is 4.37. The van der Waals surface area contributed by atoms with Crippen LogP contribution >= 0.6 is 0 Å². The summed E-state index contributed by atoms with van der Waals surface area (Å²) in [7, 11) is 0. The van der Waals surface area contributed by atoms with Gasteiger partial charge in [0, 0.05) is 19.1 Å². The zero-order valence-corrected chi connectivity index (χ0v) is 10.6. The number of carbonyl (C=O) groups is 1. The Morgan fingerprint density at radius 3 is 2.65 bits per heavy atom. The van der Waals surface area contributed by atoms with Crippen molar-refractivity contribution in [3.8, 4) is 0 Å². The summed E-state index contributed by atoms with van der Waals surface area (Å²) in [4.78, 5) is 14.2. The maximum Gasteiger partial charge on any atom is 0.227 e. The smallest absolute Gasteiger partial charge is 0.227 e. The van der Waals surface area contributed by atoms with Crippen molar-refractivity contribution in [3.63, 3.8) is 0 Å². The van der Waals surface area contributed by atoms with Gasteiger partial charge in [-0.3, -0.25) is 4.79 Å². The highest BCUT2D eigenvalue weighted by Gasteiger charge is 2.34. The van der Waals surface area contributed by atoms with Gasteiger partial charge in [0.05, 0.1) is 12.0 Å². The van der Waals surface area contributed by atoms with Crippen LogP contribution in [-0.4, -0.2) is 41.1 Å². The Morgan fingerprint density at radius 1 is 1.29 bits per heavy atom. The van der Waals surface area contributed by atoms with Crippen LogP contribution < -0.4 is 5.73 Å². The van der Waals surface area contributed by atoms with E-state index in [-0.39, 0.29) is 24.0 Å². The van der Waals surface area contributed by atoms with Gasteiger partial charge >= 0.3 is 0 Å². The minimum absolute atomic E-state index is 0.00986. The van der Waals surface area contributed by atoms with E-state index in [9.17, 15) is 9.90 Å². The summed E-state index contributed by atoms with van der Waals surface area (Å²) in [5, 5.41) is 9.84. The molecule has 0 aromatic heterocycles. The topological polar surface area (TPSA) is 66.6 Å². The standard InChI is InChI=1S/C13H24N2O2/c1-9-6-7-15(8-12(9)16)13(17)10-4-2-3-5-11(10)14/h9-12,16H,2-8,14H2,1H3. The molecule has 2 aliphatic rings. The second-order valence-corrected chi connectivity index (χ2v) is 5.67. The van der Waals surface area contributed by atoms with Gasteiger partial charge in [0.2, 0.25) is 5.91 Å². The van der Waals surface area contributed by atoms with Crippen LogP contribution in [0.4, 0.5) is 0 Å². The van der Waals surface area contributed by atoms with Crippen molar-refractivity contribution in [1.29, 1.82) is 0 Å².